The van der Waals surface area contributed by atoms with Gasteiger partial charge in [0.25, 0.3) is 5.69 Å². The van der Waals surface area contributed by atoms with Crippen molar-refractivity contribution in [3.8, 4) is 0 Å². The van der Waals surface area contributed by atoms with Crippen LogP contribution in [0.5, 0.6) is 0 Å². The van der Waals surface area contributed by atoms with Gasteiger partial charge in [-0.05, 0) is 48.0 Å². The lowest BCUT2D eigenvalue weighted by Gasteiger charge is -2.03. The van der Waals surface area contributed by atoms with Crippen LogP contribution in [0.1, 0.15) is 5.56 Å². The summed E-state index contributed by atoms with van der Waals surface area (Å²) in [7, 11) is 0. The molecule has 124 valence electrons. The normalized spacial score (nSPS) is 10.7. The number of benzene rings is 2. The Labute approximate surface area is 148 Å². The summed E-state index contributed by atoms with van der Waals surface area (Å²) in [6.45, 7) is 0.538. The number of amides is 1. The van der Waals surface area contributed by atoms with Crippen molar-refractivity contribution in [3.05, 3.63) is 75.3 Å². The number of halogens is 1. The molecule has 0 aliphatic heterocycles. The minimum atomic E-state index is -0.460. The highest BCUT2D eigenvalue weighted by atomic mass is 35.5. The predicted molar refractivity (Wildman–Crippen MR) is 97.3 cm³/mol. The van der Waals surface area contributed by atoms with Crippen molar-refractivity contribution < 1.29 is 9.72 Å². The van der Waals surface area contributed by atoms with E-state index in [0.717, 1.165) is 16.2 Å². The second kappa shape index (κ2) is 9.10. The highest BCUT2D eigenvalue weighted by Gasteiger charge is 2.02. The SMILES string of the molecule is O=C(/C=C/c1ccc([N+](=O)[O-])cc1)NCCSc1ccc(Cl)cc1. The van der Waals surface area contributed by atoms with Crippen molar-refractivity contribution in [2.24, 2.45) is 0 Å². The van der Waals surface area contributed by atoms with E-state index in [2.05, 4.69) is 5.32 Å². The third-order valence-electron chi connectivity index (χ3n) is 3.01. The van der Waals surface area contributed by atoms with Crippen molar-refractivity contribution in [3.63, 3.8) is 0 Å². The number of nitrogens with zero attached hydrogens (tertiary/aromatic N) is 1. The van der Waals surface area contributed by atoms with E-state index in [1.165, 1.54) is 18.2 Å². The molecule has 1 amide bonds. The summed E-state index contributed by atoms with van der Waals surface area (Å²) in [5.74, 6) is 0.545. The van der Waals surface area contributed by atoms with E-state index in [4.69, 9.17) is 11.6 Å². The van der Waals surface area contributed by atoms with Crippen LogP contribution in [-0.2, 0) is 4.79 Å². The monoisotopic (exact) mass is 362 g/mol. The van der Waals surface area contributed by atoms with Crippen LogP contribution >= 0.6 is 23.4 Å². The molecule has 0 aliphatic rings. The highest BCUT2D eigenvalue weighted by Crippen LogP contribution is 2.19. The molecule has 0 atom stereocenters. The topological polar surface area (TPSA) is 72.2 Å². The quantitative estimate of drug-likeness (QED) is 0.264. The fourth-order valence-corrected chi connectivity index (χ4v) is 2.71. The van der Waals surface area contributed by atoms with E-state index in [0.29, 0.717) is 11.6 Å². The first-order valence-corrected chi connectivity index (χ1v) is 8.50. The molecule has 24 heavy (non-hydrogen) atoms. The van der Waals surface area contributed by atoms with Gasteiger partial charge in [0.1, 0.15) is 0 Å². The van der Waals surface area contributed by atoms with Crippen LogP contribution in [0.3, 0.4) is 0 Å². The average molecular weight is 363 g/mol. The fraction of sp³-hybridized carbons (Fsp3) is 0.118. The lowest BCUT2D eigenvalue weighted by Crippen LogP contribution is -2.23. The maximum atomic E-state index is 11.7. The number of carbonyl (C=O) groups excluding carboxylic acids is 1. The molecular weight excluding hydrogens is 348 g/mol. The number of thioether (sulfide) groups is 1. The first-order valence-electron chi connectivity index (χ1n) is 7.13. The number of nitrogens with one attached hydrogen (secondary N) is 1. The molecule has 0 heterocycles. The molecule has 5 nitrogen and oxygen atoms in total. The molecule has 2 rings (SSSR count). The third kappa shape index (κ3) is 6.06. The van der Waals surface area contributed by atoms with Gasteiger partial charge in [-0.3, -0.25) is 14.9 Å². The minimum Gasteiger partial charge on any atom is -0.352 e. The van der Waals surface area contributed by atoms with Crippen molar-refractivity contribution in [1.29, 1.82) is 0 Å². The fourth-order valence-electron chi connectivity index (χ4n) is 1.81. The van der Waals surface area contributed by atoms with Crippen LogP contribution < -0.4 is 5.32 Å². The van der Waals surface area contributed by atoms with Crippen LogP contribution in [0.15, 0.2) is 59.5 Å². The molecule has 7 heteroatoms. The van der Waals surface area contributed by atoms with Gasteiger partial charge < -0.3 is 5.32 Å². The smallest absolute Gasteiger partial charge is 0.269 e. The Bertz CT molecular complexity index is 731. The number of nitro benzene ring substituents is 1. The Morgan fingerprint density at radius 1 is 1.17 bits per heavy atom. The maximum Gasteiger partial charge on any atom is 0.269 e. The zero-order valence-electron chi connectivity index (χ0n) is 12.6. The number of carbonyl (C=O) groups is 1. The molecule has 0 radical (unpaired) electrons. The number of hydrogen-bond acceptors (Lipinski definition) is 4. The summed E-state index contributed by atoms with van der Waals surface area (Å²) < 4.78 is 0. The molecule has 0 fully saturated rings. The van der Waals surface area contributed by atoms with Crippen molar-refractivity contribution in [1.82, 2.24) is 5.32 Å². The van der Waals surface area contributed by atoms with E-state index in [9.17, 15) is 14.9 Å². The predicted octanol–water partition coefficient (Wildman–Crippen LogP) is 4.17. The Balaban J connectivity index is 1.72. The molecular formula is C17H15ClN2O3S. The van der Waals surface area contributed by atoms with E-state index in [1.807, 2.05) is 24.3 Å². The van der Waals surface area contributed by atoms with Gasteiger partial charge in [0.15, 0.2) is 0 Å². The molecule has 2 aromatic carbocycles. The van der Waals surface area contributed by atoms with Crippen molar-refractivity contribution >= 4 is 41.0 Å². The van der Waals surface area contributed by atoms with Crippen molar-refractivity contribution in [2.75, 3.05) is 12.3 Å². The first kappa shape index (κ1) is 18.0. The number of rotatable bonds is 7. The number of nitro groups is 1. The summed E-state index contributed by atoms with van der Waals surface area (Å²) in [6.07, 6.45) is 3.03. The van der Waals surface area contributed by atoms with Crippen molar-refractivity contribution in [2.45, 2.75) is 4.90 Å². The van der Waals surface area contributed by atoms with Crippen LogP contribution in [-0.4, -0.2) is 23.1 Å². The van der Waals surface area contributed by atoms with Crippen LogP contribution in [0.2, 0.25) is 5.02 Å². The van der Waals surface area contributed by atoms with Gasteiger partial charge in [0.05, 0.1) is 4.92 Å². The molecule has 0 unspecified atom stereocenters. The molecule has 0 bridgehead atoms. The minimum absolute atomic E-state index is 0.0239. The third-order valence-corrected chi connectivity index (χ3v) is 4.28. The molecule has 2 aromatic rings. The van der Waals surface area contributed by atoms with Crippen LogP contribution in [0, 0.1) is 10.1 Å². The van der Waals surface area contributed by atoms with Gasteiger partial charge in [-0.25, -0.2) is 0 Å². The second-order valence-electron chi connectivity index (χ2n) is 4.78. The summed E-state index contributed by atoms with van der Waals surface area (Å²) in [5, 5.41) is 14.0. The molecule has 0 aromatic heterocycles. The van der Waals surface area contributed by atoms with Gasteiger partial charge in [-0.2, -0.15) is 0 Å². The maximum absolute atomic E-state index is 11.7. The van der Waals surface area contributed by atoms with E-state index in [-0.39, 0.29) is 11.6 Å². The molecule has 0 spiro atoms. The van der Waals surface area contributed by atoms with Gasteiger partial charge in [-0.15, -0.1) is 11.8 Å². The molecule has 0 saturated carbocycles. The Hall–Kier alpha value is -2.31. The zero-order valence-corrected chi connectivity index (χ0v) is 14.2. The highest BCUT2D eigenvalue weighted by molar-refractivity contribution is 7.99. The lowest BCUT2D eigenvalue weighted by atomic mass is 10.2. The average Bonchev–Trinajstić information content (AvgIpc) is 2.59. The molecule has 1 N–H and O–H groups in total. The summed E-state index contributed by atoms with van der Waals surface area (Å²) in [5.41, 5.74) is 0.752. The first-order chi connectivity index (χ1) is 11.5. The second-order valence-corrected chi connectivity index (χ2v) is 6.38. The van der Waals surface area contributed by atoms with E-state index >= 15 is 0 Å². The lowest BCUT2D eigenvalue weighted by molar-refractivity contribution is -0.384. The Kier molecular flexibility index (Phi) is 6.84. The van der Waals surface area contributed by atoms with Crippen LogP contribution in [0.4, 0.5) is 5.69 Å². The largest absolute Gasteiger partial charge is 0.352 e. The molecule has 0 saturated heterocycles. The number of non-ortho nitro benzene ring substituents is 1. The number of hydrogen-bond donors (Lipinski definition) is 1. The molecule has 0 aliphatic carbocycles. The summed E-state index contributed by atoms with van der Waals surface area (Å²) >= 11 is 7.45. The van der Waals surface area contributed by atoms with Gasteiger partial charge >= 0.3 is 0 Å². The van der Waals surface area contributed by atoms with Crippen LogP contribution in [0.25, 0.3) is 6.08 Å². The summed E-state index contributed by atoms with van der Waals surface area (Å²) in [6, 6.07) is 13.5. The summed E-state index contributed by atoms with van der Waals surface area (Å²) in [4.78, 5) is 22.9. The van der Waals surface area contributed by atoms with E-state index < -0.39 is 4.92 Å². The van der Waals surface area contributed by atoms with E-state index in [1.54, 1.807) is 30.0 Å². The van der Waals surface area contributed by atoms with Gasteiger partial charge in [0, 0.05) is 40.4 Å². The van der Waals surface area contributed by atoms with Gasteiger partial charge in [-0.1, -0.05) is 11.6 Å². The zero-order chi connectivity index (χ0) is 17.4. The van der Waals surface area contributed by atoms with Gasteiger partial charge in [0.2, 0.25) is 5.91 Å². The standard InChI is InChI=1S/C17H15ClN2O3S/c18-14-4-8-16(9-5-14)24-12-11-19-17(21)10-3-13-1-6-15(7-2-13)20(22)23/h1-10H,11-12H2,(H,19,21)/b10-3+. The Morgan fingerprint density at radius 2 is 1.83 bits per heavy atom. The Morgan fingerprint density at radius 3 is 2.46 bits per heavy atom.